The molecule has 0 bridgehead atoms. The van der Waals surface area contributed by atoms with Crippen LogP contribution in [0.25, 0.3) is 0 Å². The van der Waals surface area contributed by atoms with Gasteiger partial charge in [0, 0.05) is 6.54 Å². The third kappa shape index (κ3) is 3.75. The summed E-state index contributed by atoms with van der Waals surface area (Å²) >= 11 is 6.92. The van der Waals surface area contributed by atoms with Gasteiger partial charge in [-0.15, -0.1) is 0 Å². The molecule has 0 fully saturated rings. The van der Waals surface area contributed by atoms with Crippen LogP contribution in [0, 0.1) is 0 Å². The van der Waals surface area contributed by atoms with Crippen LogP contribution in [0.3, 0.4) is 0 Å². The number of hydrogen-bond acceptors (Lipinski definition) is 3. The molecular weight excluding hydrogens is 386 g/mol. The molecule has 0 saturated carbocycles. The zero-order valence-electron chi connectivity index (χ0n) is 11.0. The molecule has 5 heteroatoms. The topological polar surface area (TPSA) is 44.5 Å². The van der Waals surface area contributed by atoms with Crippen molar-refractivity contribution in [3.8, 4) is 11.5 Å². The van der Waals surface area contributed by atoms with E-state index >= 15 is 0 Å². The van der Waals surface area contributed by atoms with Crippen LogP contribution in [0.2, 0.25) is 0 Å². The molecule has 0 spiro atoms. The molecule has 0 aromatic heterocycles. The molecule has 0 aliphatic heterocycles. The Morgan fingerprint density at radius 2 is 1.50 bits per heavy atom. The molecule has 0 heterocycles. The van der Waals surface area contributed by atoms with Crippen molar-refractivity contribution in [2.45, 2.75) is 13.2 Å². The molecule has 0 amide bonds. The van der Waals surface area contributed by atoms with Gasteiger partial charge in [-0.3, -0.25) is 0 Å². The Kier molecular flexibility index (Phi) is 5.46. The van der Waals surface area contributed by atoms with E-state index < -0.39 is 0 Å². The first kappa shape index (κ1) is 15.4. The first-order chi connectivity index (χ1) is 9.63. The molecule has 2 rings (SSSR count). The van der Waals surface area contributed by atoms with Crippen molar-refractivity contribution >= 4 is 31.9 Å². The van der Waals surface area contributed by atoms with Gasteiger partial charge in [0.15, 0.2) is 0 Å². The Bertz CT molecular complexity index is 585. The molecule has 0 saturated heterocycles. The van der Waals surface area contributed by atoms with Crippen LogP contribution >= 0.6 is 31.9 Å². The molecule has 106 valence electrons. The number of halogens is 2. The number of hydrogen-bond donors (Lipinski definition) is 1. The van der Waals surface area contributed by atoms with Crippen molar-refractivity contribution < 1.29 is 9.47 Å². The smallest absolute Gasteiger partial charge is 0.135 e. The lowest BCUT2D eigenvalue weighted by molar-refractivity contribution is 0.303. The summed E-state index contributed by atoms with van der Waals surface area (Å²) in [6, 6.07) is 11.8. The minimum atomic E-state index is 0.502. The lowest BCUT2D eigenvalue weighted by Gasteiger charge is -2.11. The lowest BCUT2D eigenvalue weighted by Crippen LogP contribution is -1.99. The van der Waals surface area contributed by atoms with Gasteiger partial charge in [-0.1, -0.05) is 24.3 Å². The summed E-state index contributed by atoms with van der Waals surface area (Å²) in [4.78, 5) is 0. The highest BCUT2D eigenvalue weighted by Gasteiger charge is 2.08. The first-order valence-corrected chi connectivity index (χ1v) is 7.66. The highest BCUT2D eigenvalue weighted by molar-refractivity contribution is 9.11. The average molecular weight is 401 g/mol. The van der Waals surface area contributed by atoms with E-state index in [1.54, 1.807) is 7.11 Å². The summed E-state index contributed by atoms with van der Waals surface area (Å²) in [6.45, 7) is 1.06. The van der Waals surface area contributed by atoms with E-state index in [2.05, 4.69) is 31.9 Å². The van der Waals surface area contributed by atoms with Gasteiger partial charge in [0.25, 0.3) is 0 Å². The molecule has 2 aromatic carbocycles. The largest absolute Gasteiger partial charge is 0.496 e. The van der Waals surface area contributed by atoms with Gasteiger partial charge in [0.2, 0.25) is 0 Å². The van der Waals surface area contributed by atoms with Crippen LogP contribution < -0.4 is 15.2 Å². The van der Waals surface area contributed by atoms with Gasteiger partial charge in [-0.05, 0) is 55.1 Å². The summed E-state index contributed by atoms with van der Waals surface area (Å²) in [5.41, 5.74) is 7.79. The van der Waals surface area contributed by atoms with E-state index in [1.165, 1.54) is 0 Å². The van der Waals surface area contributed by atoms with Gasteiger partial charge >= 0.3 is 0 Å². The lowest BCUT2D eigenvalue weighted by atomic mass is 10.1. The molecule has 20 heavy (non-hydrogen) atoms. The van der Waals surface area contributed by atoms with E-state index in [0.717, 1.165) is 31.6 Å². The number of nitrogens with two attached hydrogens (primary N) is 1. The second-order valence-electron chi connectivity index (χ2n) is 4.23. The molecule has 2 N–H and O–H groups in total. The third-order valence-electron chi connectivity index (χ3n) is 2.86. The van der Waals surface area contributed by atoms with Crippen molar-refractivity contribution in [2.24, 2.45) is 5.73 Å². The average Bonchev–Trinajstić information content (AvgIpc) is 2.48. The fourth-order valence-electron chi connectivity index (χ4n) is 1.71. The minimum Gasteiger partial charge on any atom is -0.496 e. The van der Waals surface area contributed by atoms with Gasteiger partial charge in [-0.2, -0.15) is 0 Å². The number of ether oxygens (including phenoxy) is 2. The monoisotopic (exact) mass is 399 g/mol. The number of rotatable bonds is 5. The molecule has 0 radical (unpaired) electrons. The second kappa shape index (κ2) is 7.11. The first-order valence-electron chi connectivity index (χ1n) is 6.07. The van der Waals surface area contributed by atoms with Gasteiger partial charge in [0.1, 0.15) is 18.1 Å². The SMILES string of the molecule is COc1cc(Br)c(OCc2ccc(CN)cc2)cc1Br. The minimum absolute atomic E-state index is 0.502. The summed E-state index contributed by atoms with van der Waals surface area (Å²) in [6.07, 6.45) is 0. The van der Waals surface area contributed by atoms with Gasteiger partial charge in [-0.25, -0.2) is 0 Å². The third-order valence-corrected chi connectivity index (χ3v) is 4.10. The molecule has 0 aliphatic carbocycles. The predicted molar refractivity (Wildman–Crippen MR) is 87.1 cm³/mol. The van der Waals surface area contributed by atoms with Crippen LogP contribution in [-0.2, 0) is 13.2 Å². The van der Waals surface area contributed by atoms with Crippen molar-refractivity contribution in [2.75, 3.05) is 7.11 Å². The van der Waals surface area contributed by atoms with E-state index in [-0.39, 0.29) is 0 Å². The normalized spacial score (nSPS) is 10.4. The van der Waals surface area contributed by atoms with Gasteiger partial charge in [0.05, 0.1) is 16.1 Å². The van der Waals surface area contributed by atoms with Crippen LogP contribution in [-0.4, -0.2) is 7.11 Å². The summed E-state index contributed by atoms with van der Waals surface area (Å²) in [7, 11) is 1.63. The van der Waals surface area contributed by atoms with Gasteiger partial charge < -0.3 is 15.2 Å². The summed E-state index contributed by atoms with van der Waals surface area (Å²) in [5, 5.41) is 0. The van der Waals surface area contributed by atoms with E-state index in [1.807, 2.05) is 36.4 Å². The van der Waals surface area contributed by atoms with Crippen LogP contribution in [0.15, 0.2) is 45.3 Å². The Morgan fingerprint density at radius 3 is 2.10 bits per heavy atom. The Labute approximate surface area is 135 Å². The van der Waals surface area contributed by atoms with Crippen LogP contribution in [0.5, 0.6) is 11.5 Å². The highest BCUT2D eigenvalue weighted by Crippen LogP contribution is 2.36. The van der Waals surface area contributed by atoms with Crippen molar-refractivity contribution in [3.05, 3.63) is 56.5 Å². The van der Waals surface area contributed by atoms with Crippen LogP contribution in [0.1, 0.15) is 11.1 Å². The second-order valence-corrected chi connectivity index (χ2v) is 5.94. The van der Waals surface area contributed by atoms with Crippen LogP contribution in [0.4, 0.5) is 0 Å². The maximum absolute atomic E-state index is 5.81. The molecular formula is C15H15Br2NO2. The zero-order chi connectivity index (χ0) is 14.5. The standard InChI is InChI=1S/C15H15Br2NO2/c1-19-14-6-13(17)15(7-12(14)16)20-9-11-4-2-10(8-18)3-5-11/h2-7H,8-9,18H2,1H3. The Balaban J connectivity index is 2.08. The maximum atomic E-state index is 5.81. The molecule has 2 aromatic rings. The molecule has 3 nitrogen and oxygen atoms in total. The molecule has 0 unspecified atom stereocenters. The Hall–Kier alpha value is -1.04. The fraction of sp³-hybridized carbons (Fsp3) is 0.200. The van der Waals surface area contributed by atoms with E-state index in [0.29, 0.717) is 13.2 Å². The van der Waals surface area contributed by atoms with Crippen molar-refractivity contribution in [1.29, 1.82) is 0 Å². The Morgan fingerprint density at radius 1 is 0.950 bits per heavy atom. The zero-order valence-corrected chi connectivity index (χ0v) is 14.2. The van der Waals surface area contributed by atoms with E-state index in [4.69, 9.17) is 15.2 Å². The summed E-state index contributed by atoms with van der Waals surface area (Å²) < 4.78 is 12.8. The fourth-order valence-corrected chi connectivity index (χ4v) is 2.63. The number of benzene rings is 2. The highest BCUT2D eigenvalue weighted by atomic mass is 79.9. The van der Waals surface area contributed by atoms with Crippen molar-refractivity contribution in [1.82, 2.24) is 0 Å². The van der Waals surface area contributed by atoms with E-state index in [9.17, 15) is 0 Å². The predicted octanol–water partition coefficient (Wildman–Crippen LogP) is 4.26. The molecule has 0 aliphatic rings. The quantitative estimate of drug-likeness (QED) is 0.815. The maximum Gasteiger partial charge on any atom is 0.135 e. The molecule has 0 atom stereocenters. The summed E-state index contributed by atoms with van der Waals surface area (Å²) in [5.74, 6) is 1.53. The van der Waals surface area contributed by atoms with Crippen molar-refractivity contribution in [3.63, 3.8) is 0 Å². The number of methoxy groups -OCH3 is 1.